The Kier molecular flexibility index (Phi) is 3.31. The first-order valence-corrected chi connectivity index (χ1v) is 5.52. The molecule has 0 spiro atoms. The highest BCUT2D eigenvalue weighted by molar-refractivity contribution is 5.49. The van der Waals surface area contributed by atoms with Crippen LogP contribution in [-0.2, 0) is 13.6 Å². The summed E-state index contributed by atoms with van der Waals surface area (Å²) in [5, 5.41) is 20.9. The normalized spacial score (nSPS) is 9.50. The van der Waals surface area contributed by atoms with Crippen LogP contribution >= 0.6 is 0 Å². The molecule has 0 radical (unpaired) electrons. The zero-order valence-corrected chi connectivity index (χ0v) is 10.0. The molecule has 0 unspecified atom stereocenters. The molecule has 0 amide bonds. The van der Waals surface area contributed by atoms with E-state index < -0.39 is 0 Å². The molecule has 0 saturated carbocycles. The Morgan fingerprint density at radius 2 is 2.06 bits per heavy atom. The van der Waals surface area contributed by atoms with Crippen LogP contribution < -0.4 is 5.32 Å². The van der Waals surface area contributed by atoms with Gasteiger partial charge in [-0.2, -0.15) is 10.5 Å². The highest BCUT2D eigenvalue weighted by Gasteiger charge is 2.02. The van der Waals surface area contributed by atoms with Crippen molar-refractivity contribution < 1.29 is 0 Å². The fourth-order valence-electron chi connectivity index (χ4n) is 1.74. The molecule has 4 nitrogen and oxygen atoms in total. The largest absolute Gasteiger partial charge is 0.381 e. The number of aryl methyl sites for hydroxylation is 1. The van der Waals surface area contributed by atoms with Gasteiger partial charge >= 0.3 is 0 Å². The molecule has 0 bridgehead atoms. The first kappa shape index (κ1) is 11.8. The van der Waals surface area contributed by atoms with Crippen molar-refractivity contribution in [2.75, 3.05) is 5.32 Å². The second-order valence-corrected chi connectivity index (χ2v) is 4.00. The number of hydrogen-bond acceptors (Lipinski definition) is 3. The molecule has 4 heteroatoms. The molecule has 0 saturated heterocycles. The number of rotatable bonds is 3. The first-order chi connectivity index (χ1) is 8.72. The van der Waals surface area contributed by atoms with Gasteiger partial charge in [0.1, 0.15) is 11.8 Å². The van der Waals surface area contributed by atoms with Crippen LogP contribution in [0.5, 0.6) is 0 Å². The minimum atomic E-state index is 0.629. The Hall–Kier alpha value is -2.72. The summed E-state index contributed by atoms with van der Waals surface area (Å²) in [4.78, 5) is 0. The van der Waals surface area contributed by atoms with Crippen molar-refractivity contribution >= 4 is 5.69 Å². The van der Waals surface area contributed by atoms with Crippen LogP contribution in [-0.4, -0.2) is 4.57 Å². The van der Waals surface area contributed by atoms with Crippen LogP contribution in [0.3, 0.4) is 0 Å². The maximum atomic E-state index is 8.86. The summed E-state index contributed by atoms with van der Waals surface area (Å²) < 4.78 is 1.79. The Morgan fingerprint density at radius 1 is 1.22 bits per heavy atom. The lowest BCUT2D eigenvalue weighted by molar-refractivity contribution is 0.902. The van der Waals surface area contributed by atoms with Gasteiger partial charge in [0.15, 0.2) is 0 Å². The minimum Gasteiger partial charge on any atom is -0.381 e. The minimum absolute atomic E-state index is 0.629. The number of benzene rings is 1. The summed E-state index contributed by atoms with van der Waals surface area (Å²) >= 11 is 0. The molecule has 1 aromatic heterocycles. The summed E-state index contributed by atoms with van der Waals surface area (Å²) in [6, 6.07) is 13.4. The molecule has 2 aromatic rings. The molecule has 0 fully saturated rings. The second-order valence-electron chi connectivity index (χ2n) is 4.00. The Bertz CT molecular complexity index is 641. The summed E-state index contributed by atoms with van der Waals surface area (Å²) in [5.41, 5.74) is 3.20. The van der Waals surface area contributed by atoms with Gasteiger partial charge in [-0.25, -0.2) is 0 Å². The molecule has 1 heterocycles. The van der Waals surface area contributed by atoms with E-state index in [1.165, 1.54) is 0 Å². The van der Waals surface area contributed by atoms with E-state index in [2.05, 4.69) is 17.5 Å². The quantitative estimate of drug-likeness (QED) is 0.889. The lowest BCUT2D eigenvalue weighted by Crippen LogP contribution is -1.98. The van der Waals surface area contributed by atoms with Crippen molar-refractivity contribution in [2.24, 2.45) is 7.05 Å². The average molecular weight is 236 g/mol. The SMILES string of the molecule is Cn1cc(CNc2cccc(C#N)c2)cc1C#N. The number of nitrogens with zero attached hydrogens (tertiary/aromatic N) is 3. The maximum absolute atomic E-state index is 8.86. The molecule has 1 N–H and O–H groups in total. The van der Waals surface area contributed by atoms with Gasteiger partial charge in [0, 0.05) is 25.5 Å². The van der Waals surface area contributed by atoms with Gasteiger partial charge in [0.25, 0.3) is 0 Å². The zero-order chi connectivity index (χ0) is 13.0. The first-order valence-electron chi connectivity index (χ1n) is 5.52. The van der Waals surface area contributed by atoms with Gasteiger partial charge in [-0.05, 0) is 29.8 Å². The number of nitriles is 2. The maximum Gasteiger partial charge on any atom is 0.120 e. The third-order valence-electron chi connectivity index (χ3n) is 2.66. The fourth-order valence-corrected chi connectivity index (χ4v) is 1.74. The molecular formula is C14H12N4. The molecule has 0 aliphatic heterocycles. The van der Waals surface area contributed by atoms with Crippen molar-refractivity contribution in [3.05, 3.63) is 53.3 Å². The van der Waals surface area contributed by atoms with Gasteiger partial charge in [-0.3, -0.25) is 0 Å². The Labute approximate surface area is 106 Å². The van der Waals surface area contributed by atoms with E-state index in [0.717, 1.165) is 11.3 Å². The van der Waals surface area contributed by atoms with Crippen LogP contribution in [0.1, 0.15) is 16.8 Å². The number of nitrogens with one attached hydrogen (secondary N) is 1. The number of aromatic nitrogens is 1. The highest BCUT2D eigenvalue weighted by atomic mass is 14.9. The molecule has 88 valence electrons. The van der Waals surface area contributed by atoms with Crippen molar-refractivity contribution in [1.29, 1.82) is 10.5 Å². The highest BCUT2D eigenvalue weighted by Crippen LogP contribution is 2.12. The number of anilines is 1. The van der Waals surface area contributed by atoms with E-state index >= 15 is 0 Å². The summed E-state index contributed by atoms with van der Waals surface area (Å²) in [7, 11) is 1.85. The third-order valence-corrected chi connectivity index (χ3v) is 2.66. The summed E-state index contributed by atoms with van der Waals surface area (Å²) in [5.74, 6) is 0. The topological polar surface area (TPSA) is 64.5 Å². The lowest BCUT2D eigenvalue weighted by Gasteiger charge is -2.04. The Balaban J connectivity index is 2.07. The monoisotopic (exact) mass is 236 g/mol. The van der Waals surface area contributed by atoms with Gasteiger partial charge in [-0.1, -0.05) is 6.07 Å². The van der Waals surface area contributed by atoms with E-state index in [1.54, 1.807) is 16.7 Å². The van der Waals surface area contributed by atoms with Crippen LogP contribution in [0.2, 0.25) is 0 Å². The smallest absolute Gasteiger partial charge is 0.120 e. The van der Waals surface area contributed by atoms with Crippen molar-refractivity contribution in [3.63, 3.8) is 0 Å². The van der Waals surface area contributed by atoms with Gasteiger partial charge in [0.05, 0.1) is 11.6 Å². The van der Waals surface area contributed by atoms with E-state index in [-0.39, 0.29) is 0 Å². The van der Waals surface area contributed by atoms with Crippen molar-refractivity contribution in [3.8, 4) is 12.1 Å². The van der Waals surface area contributed by atoms with Gasteiger partial charge in [-0.15, -0.1) is 0 Å². The van der Waals surface area contributed by atoms with E-state index in [4.69, 9.17) is 10.5 Å². The van der Waals surface area contributed by atoms with Crippen molar-refractivity contribution in [2.45, 2.75) is 6.54 Å². The van der Waals surface area contributed by atoms with E-state index in [0.29, 0.717) is 17.8 Å². The fraction of sp³-hybridized carbons (Fsp3) is 0.143. The van der Waals surface area contributed by atoms with Gasteiger partial charge < -0.3 is 9.88 Å². The average Bonchev–Trinajstić information content (AvgIpc) is 2.77. The molecule has 2 rings (SSSR count). The van der Waals surface area contributed by atoms with E-state index in [9.17, 15) is 0 Å². The van der Waals surface area contributed by atoms with Crippen LogP contribution in [0, 0.1) is 22.7 Å². The predicted molar refractivity (Wildman–Crippen MR) is 68.6 cm³/mol. The molecule has 0 atom stereocenters. The van der Waals surface area contributed by atoms with Crippen molar-refractivity contribution in [1.82, 2.24) is 4.57 Å². The van der Waals surface area contributed by atoms with Gasteiger partial charge in [0.2, 0.25) is 0 Å². The molecule has 18 heavy (non-hydrogen) atoms. The lowest BCUT2D eigenvalue weighted by atomic mass is 10.2. The zero-order valence-electron chi connectivity index (χ0n) is 10.0. The standard InChI is InChI=1S/C14H12N4/c1-18-10-12(6-14(18)8-16)9-17-13-4-2-3-11(5-13)7-15/h2-6,10,17H,9H2,1H3. The van der Waals surface area contributed by atoms with Crippen LogP contribution in [0.4, 0.5) is 5.69 Å². The van der Waals surface area contributed by atoms with Crippen LogP contribution in [0.15, 0.2) is 36.5 Å². The Morgan fingerprint density at radius 3 is 2.72 bits per heavy atom. The van der Waals surface area contributed by atoms with E-state index in [1.807, 2.05) is 31.4 Å². The second kappa shape index (κ2) is 5.07. The molecule has 0 aliphatic carbocycles. The van der Waals surface area contributed by atoms with Crippen LogP contribution in [0.25, 0.3) is 0 Å². The molecule has 0 aliphatic rings. The summed E-state index contributed by atoms with van der Waals surface area (Å²) in [6.45, 7) is 0.629. The summed E-state index contributed by atoms with van der Waals surface area (Å²) in [6.07, 6.45) is 1.92. The molecule has 1 aromatic carbocycles. The predicted octanol–water partition coefficient (Wildman–Crippen LogP) is 2.38. The number of hydrogen-bond donors (Lipinski definition) is 1. The third kappa shape index (κ3) is 2.50. The molecular weight excluding hydrogens is 224 g/mol.